The molecule has 23 heavy (non-hydrogen) atoms. The number of aliphatic imine (C=N–C) groups is 1. The summed E-state index contributed by atoms with van der Waals surface area (Å²) >= 11 is 0. The third kappa shape index (κ3) is 6.74. The van der Waals surface area contributed by atoms with Crippen molar-refractivity contribution in [2.45, 2.75) is 26.7 Å². The maximum absolute atomic E-state index is 11.9. The van der Waals surface area contributed by atoms with Gasteiger partial charge in [-0.2, -0.15) is 0 Å². The third-order valence-corrected chi connectivity index (χ3v) is 5.07. The zero-order valence-corrected chi connectivity index (χ0v) is 15.0. The van der Waals surface area contributed by atoms with Crippen molar-refractivity contribution in [2.75, 3.05) is 45.6 Å². The van der Waals surface area contributed by atoms with Crippen LogP contribution in [0.15, 0.2) is 4.99 Å². The van der Waals surface area contributed by atoms with Gasteiger partial charge >= 0.3 is 5.97 Å². The average Bonchev–Trinajstić information content (AvgIpc) is 2.55. The molecule has 9 heteroatoms. The lowest BCUT2D eigenvalue weighted by atomic mass is 9.98. The minimum Gasteiger partial charge on any atom is -0.466 e. The van der Waals surface area contributed by atoms with Gasteiger partial charge in [0.25, 0.3) is 0 Å². The molecule has 1 atom stereocenters. The Kier molecular flexibility index (Phi) is 8.32. The van der Waals surface area contributed by atoms with Crippen LogP contribution in [0.25, 0.3) is 0 Å². The topological polar surface area (TPSA) is 100 Å². The van der Waals surface area contributed by atoms with Crippen molar-refractivity contribution in [3.8, 4) is 0 Å². The zero-order chi connectivity index (χ0) is 17.3. The van der Waals surface area contributed by atoms with E-state index in [1.54, 1.807) is 20.9 Å². The van der Waals surface area contributed by atoms with E-state index in [0.29, 0.717) is 32.2 Å². The Bertz CT molecular complexity index is 507. The Hall–Kier alpha value is -1.35. The molecule has 0 aromatic carbocycles. The van der Waals surface area contributed by atoms with Gasteiger partial charge < -0.3 is 15.0 Å². The Balaban J connectivity index is 2.46. The quantitative estimate of drug-likeness (QED) is 0.285. The minimum absolute atomic E-state index is 0.0646. The van der Waals surface area contributed by atoms with E-state index >= 15 is 0 Å². The number of likely N-dealkylation sites (tertiary alicyclic amines) is 1. The van der Waals surface area contributed by atoms with E-state index in [0.717, 1.165) is 19.4 Å². The first-order valence-corrected chi connectivity index (χ1v) is 9.68. The Labute approximate surface area is 138 Å². The lowest BCUT2D eigenvalue weighted by molar-refractivity contribution is -0.149. The fourth-order valence-corrected chi connectivity index (χ4v) is 3.05. The molecule has 0 aliphatic carbocycles. The smallest absolute Gasteiger partial charge is 0.310 e. The molecular formula is C14H28N4O4S. The molecule has 2 N–H and O–H groups in total. The molecule has 1 fully saturated rings. The van der Waals surface area contributed by atoms with Gasteiger partial charge in [0.05, 0.1) is 18.3 Å². The predicted molar refractivity (Wildman–Crippen MR) is 89.8 cm³/mol. The van der Waals surface area contributed by atoms with E-state index in [1.807, 2.05) is 4.90 Å². The number of ether oxygens (including phenoxy) is 1. The number of esters is 1. The van der Waals surface area contributed by atoms with Gasteiger partial charge in [0.1, 0.15) is 0 Å². The summed E-state index contributed by atoms with van der Waals surface area (Å²) in [5, 5.41) is 3.12. The van der Waals surface area contributed by atoms with Crippen molar-refractivity contribution in [3.63, 3.8) is 0 Å². The maximum Gasteiger partial charge on any atom is 0.310 e. The highest BCUT2D eigenvalue weighted by molar-refractivity contribution is 7.89. The van der Waals surface area contributed by atoms with Gasteiger partial charge in [-0.3, -0.25) is 9.79 Å². The normalized spacial score (nSPS) is 19.5. The second-order valence-corrected chi connectivity index (χ2v) is 7.40. The number of piperidine rings is 1. The predicted octanol–water partition coefficient (Wildman–Crippen LogP) is -0.224. The lowest BCUT2D eigenvalue weighted by Gasteiger charge is -2.33. The van der Waals surface area contributed by atoms with Crippen LogP contribution in [0.5, 0.6) is 0 Å². The van der Waals surface area contributed by atoms with Crippen molar-refractivity contribution in [1.29, 1.82) is 0 Å². The largest absolute Gasteiger partial charge is 0.466 e. The molecule has 1 heterocycles. The van der Waals surface area contributed by atoms with Gasteiger partial charge in [-0.25, -0.2) is 13.1 Å². The number of guanidine groups is 1. The first-order chi connectivity index (χ1) is 10.9. The van der Waals surface area contributed by atoms with Gasteiger partial charge in [-0.1, -0.05) is 0 Å². The van der Waals surface area contributed by atoms with Crippen molar-refractivity contribution in [1.82, 2.24) is 14.9 Å². The van der Waals surface area contributed by atoms with Gasteiger partial charge in [-0.15, -0.1) is 0 Å². The number of carbonyl (C=O) groups is 1. The van der Waals surface area contributed by atoms with Crippen LogP contribution in [0.1, 0.15) is 26.7 Å². The molecule has 0 amide bonds. The maximum atomic E-state index is 11.9. The molecule has 134 valence electrons. The fraction of sp³-hybridized carbons (Fsp3) is 0.857. The first kappa shape index (κ1) is 19.7. The number of rotatable bonds is 7. The Morgan fingerprint density at radius 1 is 1.35 bits per heavy atom. The molecule has 1 aliphatic heterocycles. The molecule has 1 rings (SSSR count). The second-order valence-electron chi connectivity index (χ2n) is 5.31. The first-order valence-electron chi connectivity index (χ1n) is 8.03. The number of nitrogens with one attached hydrogen (secondary N) is 2. The van der Waals surface area contributed by atoms with Crippen LogP contribution in [-0.2, 0) is 19.6 Å². The van der Waals surface area contributed by atoms with E-state index in [2.05, 4.69) is 15.0 Å². The highest BCUT2D eigenvalue weighted by atomic mass is 32.2. The SMILES string of the molecule is CCOC(=O)C1CCCN(C(=NC)NCCNS(=O)(=O)CC)C1. The lowest BCUT2D eigenvalue weighted by Crippen LogP contribution is -2.49. The molecule has 0 aromatic heterocycles. The summed E-state index contributed by atoms with van der Waals surface area (Å²) < 4.78 is 30.3. The summed E-state index contributed by atoms with van der Waals surface area (Å²) in [6, 6.07) is 0. The zero-order valence-electron chi connectivity index (χ0n) is 14.2. The summed E-state index contributed by atoms with van der Waals surface area (Å²) in [5.74, 6) is 0.439. The molecule has 0 radical (unpaired) electrons. The molecular weight excluding hydrogens is 320 g/mol. The highest BCUT2D eigenvalue weighted by Gasteiger charge is 2.28. The fourth-order valence-electron chi connectivity index (χ4n) is 2.44. The van der Waals surface area contributed by atoms with E-state index in [9.17, 15) is 13.2 Å². The summed E-state index contributed by atoms with van der Waals surface area (Å²) in [6.07, 6.45) is 1.72. The summed E-state index contributed by atoms with van der Waals surface area (Å²) in [4.78, 5) is 18.1. The monoisotopic (exact) mass is 348 g/mol. The van der Waals surface area contributed by atoms with E-state index in [-0.39, 0.29) is 17.6 Å². The molecule has 0 saturated carbocycles. The van der Waals surface area contributed by atoms with Crippen LogP contribution >= 0.6 is 0 Å². The third-order valence-electron chi connectivity index (χ3n) is 3.66. The van der Waals surface area contributed by atoms with Gasteiger partial charge in [0, 0.05) is 33.2 Å². The summed E-state index contributed by atoms with van der Waals surface area (Å²) in [6.45, 7) is 5.90. The van der Waals surface area contributed by atoms with E-state index in [1.165, 1.54) is 0 Å². The van der Waals surface area contributed by atoms with E-state index in [4.69, 9.17) is 4.74 Å². The average molecular weight is 348 g/mol. The number of carbonyl (C=O) groups excluding carboxylic acids is 1. The molecule has 0 spiro atoms. The number of hydrogen-bond donors (Lipinski definition) is 2. The second kappa shape index (κ2) is 9.71. The minimum atomic E-state index is -3.18. The molecule has 0 aromatic rings. The molecule has 1 aliphatic rings. The van der Waals surface area contributed by atoms with E-state index < -0.39 is 10.0 Å². The number of hydrogen-bond acceptors (Lipinski definition) is 5. The Morgan fingerprint density at radius 3 is 2.70 bits per heavy atom. The Morgan fingerprint density at radius 2 is 2.09 bits per heavy atom. The number of nitrogens with zero attached hydrogens (tertiary/aromatic N) is 2. The van der Waals surface area contributed by atoms with Crippen LogP contribution in [0.3, 0.4) is 0 Å². The molecule has 1 saturated heterocycles. The number of sulfonamides is 1. The molecule has 1 unspecified atom stereocenters. The van der Waals surface area contributed by atoms with Crippen molar-refractivity contribution < 1.29 is 17.9 Å². The van der Waals surface area contributed by atoms with Gasteiger partial charge in [0.15, 0.2) is 5.96 Å². The van der Waals surface area contributed by atoms with Crippen molar-refractivity contribution in [2.24, 2.45) is 10.9 Å². The van der Waals surface area contributed by atoms with Crippen LogP contribution in [0.4, 0.5) is 0 Å². The van der Waals surface area contributed by atoms with Gasteiger partial charge in [-0.05, 0) is 26.7 Å². The standard InChI is InChI=1S/C14H28N4O4S/c1-4-22-13(19)12-7-6-10-18(11-12)14(15-3)16-8-9-17-23(20,21)5-2/h12,17H,4-11H2,1-3H3,(H,15,16). The van der Waals surface area contributed by atoms with Gasteiger partial charge in [0.2, 0.25) is 10.0 Å². The molecule has 0 bridgehead atoms. The van der Waals surface area contributed by atoms with Crippen molar-refractivity contribution in [3.05, 3.63) is 0 Å². The van der Waals surface area contributed by atoms with Crippen LogP contribution in [0, 0.1) is 5.92 Å². The highest BCUT2D eigenvalue weighted by Crippen LogP contribution is 2.17. The van der Waals surface area contributed by atoms with Crippen LogP contribution in [0.2, 0.25) is 0 Å². The van der Waals surface area contributed by atoms with Crippen molar-refractivity contribution >= 4 is 22.0 Å². The summed E-state index contributed by atoms with van der Waals surface area (Å²) in [5.41, 5.74) is 0. The summed E-state index contributed by atoms with van der Waals surface area (Å²) in [7, 11) is -1.51. The van der Waals surface area contributed by atoms with Crippen LogP contribution in [-0.4, -0.2) is 70.8 Å². The van der Waals surface area contributed by atoms with Crippen LogP contribution < -0.4 is 10.0 Å². The molecule has 8 nitrogen and oxygen atoms in total.